The highest BCUT2D eigenvalue weighted by atomic mass is 79.9. The van der Waals surface area contributed by atoms with Gasteiger partial charge in [-0.1, -0.05) is 23.2 Å². The van der Waals surface area contributed by atoms with Gasteiger partial charge in [-0.2, -0.15) is 5.10 Å². The van der Waals surface area contributed by atoms with Gasteiger partial charge in [0.2, 0.25) is 0 Å². The Balaban J connectivity index is 2.28. The Labute approximate surface area is 134 Å². The van der Waals surface area contributed by atoms with Crippen LogP contribution < -0.4 is 0 Å². The Kier molecular flexibility index (Phi) is 4.95. The molecule has 7 heteroatoms. The highest BCUT2D eigenvalue weighted by Gasteiger charge is 2.20. The lowest BCUT2D eigenvalue weighted by Crippen LogP contribution is -2.08. The van der Waals surface area contributed by atoms with Crippen LogP contribution in [0.3, 0.4) is 0 Å². The molecule has 0 spiro atoms. The molecule has 104 valence electrons. The molecule has 1 unspecified atom stereocenters. The van der Waals surface area contributed by atoms with Crippen molar-refractivity contribution in [3.8, 4) is 0 Å². The minimum absolute atomic E-state index is 0.446. The Morgan fingerprint density at radius 1 is 1.53 bits per heavy atom. The molecule has 0 aromatic carbocycles. The van der Waals surface area contributed by atoms with Gasteiger partial charge in [0.1, 0.15) is 4.34 Å². The van der Waals surface area contributed by atoms with Gasteiger partial charge >= 0.3 is 0 Å². The summed E-state index contributed by atoms with van der Waals surface area (Å²) in [6, 6.07) is 1.71. The van der Waals surface area contributed by atoms with Crippen LogP contribution in [0.4, 0.5) is 0 Å². The second-order valence-electron chi connectivity index (χ2n) is 4.16. The minimum Gasteiger partial charge on any atom is -0.388 e. The predicted octanol–water partition coefficient (Wildman–Crippen LogP) is 4.62. The first kappa shape index (κ1) is 15.3. The normalized spacial score (nSPS) is 12.9. The third-order valence-corrected chi connectivity index (χ3v) is 5.43. The van der Waals surface area contributed by atoms with Crippen LogP contribution in [0.5, 0.6) is 0 Å². The Morgan fingerprint density at radius 3 is 2.74 bits per heavy atom. The van der Waals surface area contributed by atoms with Crippen molar-refractivity contribution in [2.75, 3.05) is 0 Å². The summed E-state index contributed by atoms with van der Waals surface area (Å²) < 4.78 is 3.93. The first-order valence-corrected chi connectivity index (χ1v) is 8.15. The topological polar surface area (TPSA) is 38.0 Å². The number of aliphatic hydroxyl groups is 1. The molecule has 0 fully saturated rings. The molecule has 2 aromatic rings. The largest absolute Gasteiger partial charge is 0.388 e. The average molecular weight is 384 g/mol. The molecular formula is C12H13BrCl2N2OS. The van der Waals surface area contributed by atoms with Gasteiger partial charge in [-0.25, -0.2) is 0 Å². The van der Waals surface area contributed by atoms with Crippen molar-refractivity contribution in [3.05, 3.63) is 36.2 Å². The first-order chi connectivity index (χ1) is 8.93. The zero-order valence-corrected chi connectivity index (χ0v) is 14.4. The Bertz CT molecular complexity index is 597. The summed E-state index contributed by atoms with van der Waals surface area (Å²) in [4.78, 5) is 0. The number of hydrogen-bond donors (Lipinski definition) is 1. The molecule has 2 aromatic heterocycles. The Morgan fingerprint density at radius 2 is 2.21 bits per heavy atom. The van der Waals surface area contributed by atoms with Gasteiger partial charge in [-0.05, 0) is 35.8 Å². The van der Waals surface area contributed by atoms with E-state index in [-0.39, 0.29) is 0 Å². The standard InChI is InChI=1S/C12H13BrCl2N2OS/c1-3-17-8(11(13)6(2)16-17)5-9(18)7-4-10(14)19-12(7)15/h4,9,18H,3,5H2,1-2H3. The van der Waals surface area contributed by atoms with Crippen molar-refractivity contribution in [2.45, 2.75) is 32.9 Å². The van der Waals surface area contributed by atoms with Gasteiger partial charge in [-0.15, -0.1) is 11.3 Å². The summed E-state index contributed by atoms with van der Waals surface area (Å²) in [6.07, 6.45) is -0.240. The van der Waals surface area contributed by atoms with Gasteiger partial charge in [0.15, 0.2) is 0 Å². The van der Waals surface area contributed by atoms with E-state index in [0.29, 0.717) is 20.7 Å². The third-order valence-electron chi connectivity index (χ3n) is 2.88. The molecule has 0 aliphatic rings. The molecule has 0 saturated heterocycles. The Hall–Kier alpha value is -0.0700. The SMILES string of the molecule is CCn1nc(C)c(Br)c1CC(O)c1cc(Cl)sc1Cl. The second-order valence-corrected chi connectivity index (χ2v) is 7.24. The predicted molar refractivity (Wildman–Crippen MR) is 83.3 cm³/mol. The summed E-state index contributed by atoms with van der Waals surface area (Å²) in [7, 11) is 0. The molecule has 3 nitrogen and oxygen atoms in total. The van der Waals surface area contributed by atoms with E-state index in [1.165, 1.54) is 11.3 Å². The average Bonchev–Trinajstić information content (AvgIpc) is 2.83. The molecule has 2 rings (SSSR count). The smallest absolute Gasteiger partial charge is 0.100 e. The molecule has 0 saturated carbocycles. The van der Waals surface area contributed by atoms with Gasteiger partial charge in [0, 0.05) is 18.5 Å². The summed E-state index contributed by atoms with van der Waals surface area (Å²) in [5.41, 5.74) is 2.55. The quantitative estimate of drug-likeness (QED) is 0.836. The number of aliphatic hydroxyl groups excluding tert-OH is 1. The summed E-state index contributed by atoms with van der Waals surface area (Å²) in [5.74, 6) is 0. The van der Waals surface area contributed by atoms with Crippen molar-refractivity contribution in [1.82, 2.24) is 9.78 Å². The van der Waals surface area contributed by atoms with Crippen LogP contribution in [0.15, 0.2) is 10.5 Å². The number of rotatable bonds is 4. The van der Waals surface area contributed by atoms with E-state index in [0.717, 1.165) is 22.4 Å². The number of aryl methyl sites for hydroxylation is 2. The number of thiophene rings is 1. The minimum atomic E-state index is -0.686. The molecule has 0 radical (unpaired) electrons. The van der Waals surface area contributed by atoms with E-state index in [4.69, 9.17) is 23.2 Å². The summed E-state index contributed by atoms with van der Waals surface area (Å²) in [5, 5.41) is 14.7. The first-order valence-electron chi connectivity index (χ1n) is 5.78. The zero-order chi connectivity index (χ0) is 14.2. The monoisotopic (exact) mass is 382 g/mol. The lowest BCUT2D eigenvalue weighted by Gasteiger charge is -2.11. The van der Waals surface area contributed by atoms with E-state index >= 15 is 0 Å². The maximum absolute atomic E-state index is 10.3. The van der Waals surface area contributed by atoms with Crippen molar-refractivity contribution >= 4 is 50.5 Å². The van der Waals surface area contributed by atoms with Gasteiger partial charge < -0.3 is 5.11 Å². The van der Waals surface area contributed by atoms with Crippen LogP contribution >= 0.6 is 50.5 Å². The van der Waals surface area contributed by atoms with Crippen LogP contribution in [0.2, 0.25) is 8.67 Å². The van der Waals surface area contributed by atoms with Crippen molar-refractivity contribution in [2.24, 2.45) is 0 Å². The highest BCUT2D eigenvalue weighted by molar-refractivity contribution is 9.10. The van der Waals surface area contributed by atoms with Crippen LogP contribution in [0.25, 0.3) is 0 Å². The third kappa shape index (κ3) is 3.16. The van der Waals surface area contributed by atoms with Crippen molar-refractivity contribution in [3.63, 3.8) is 0 Å². The fourth-order valence-corrected chi connectivity index (χ4v) is 3.95. The molecular weight excluding hydrogens is 371 g/mol. The van der Waals surface area contributed by atoms with Crippen LogP contribution in [-0.2, 0) is 13.0 Å². The lowest BCUT2D eigenvalue weighted by atomic mass is 10.1. The fourth-order valence-electron chi connectivity index (χ4n) is 1.94. The van der Waals surface area contributed by atoms with Gasteiger partial charge in [0.05, 0.1) is 26.3 Å². The van der Waals surface area contributed by atoms with Crippen LogP contribution in [0, 0.1) is 6.92 Å². The van der Waals surface area contributed by atoms with Crippen molar-refractivity contribution in [1.29, 1.82) is 0 Å². The van der Waals surface area contributed by atoms with E-state index in [2.05, 4.69) is 21.0 Å². The van der Waals surface area contributed by atoms with E-state index in [9.17, 15) is 5.11 Å². The van der Waals surface area contributed by atoms with Crippen LogP contribution in [0.1, 0.15) is 30.0 Å². The maximum atomic E-state index is 10.3. The van der Waals surface area contributed by atoms with Crippen molar-refractivity contribution < 1.29 is 5.11 Å². The molecule has 1 N–H and O–H groups in total. The number of halogens is 3. The highest BCUT2D eigenvalue weighted by Crippen LogP contribution is 2.37. The summed E-state index contributed by atoms with van der Waals surface area (Å²) >= 11 is 16.7. The molecule has 0 bridgehead atoms. The molecule has 19 heavy (non-hydrogen) atoms. The van der Waals surface area contributed by atoms with E-state index < -0.39 is 6.10 Å². The molecule has 0 amide bonds. The maximum Gasteiger partial charge on any atom is 0.100 e. The number of hydrogen-bond acceptors (Lipinski definition) is 3. The lowest BCUT2D eigenvalue weighted by molar-refractivity contribution is 0.176. The molecule has 0 aliphatic heterocycles. The molecule has 0 aliphatic carbocycles. The van der Waals surface area contributed by atoms with Gasteiger partial charge in [-0.3, -0.25) is 4.68 Å². The summed E-state index contributed by atoms with van der Waals surface area (Å²) in [6.45, 7) is 4.70. The van der Waals surface area contributed by atoms with E-state index in [1.54, 1.807) is 6.07 Å². The van der Waals surface area contributed by atoms with Crippen LogP contribution in [-0.4, -0.2) is 14.9 Å². The second kappa shape index (κ2) is 6.14. The molecule has 1 atom stereocenters. The molecule has 2 heterocycles. The number of nitrogens with zero attached hydrogens (tertiary/aromatic N) is 2. The van der Waals surface area contributed by atoms with Gasteiger partial charge in [0.25, 0.3) is 0 Å². The zero-order valence-electron chi connectivity index (χ0n) is 10.5. The van der Waals surface area contributed by atoms with E-state index in [1.807, 2.05) is 18.5 Å². The number of aromatic nitrogens is 2. The fraction of sp³-hybridized carbons (Fsp3) is 0.417.